The maximum absolute atomic E-state index is 13.0. The van der Waals surface area contributed by atoms with Crippen LogP contribution in [0.2, 0.25) is 0 Å². The number of rotatable bonds is 6. The quantitative estimate of drug-likeness (QED) is 0.477. The van der Waals surface area contributed by atoms with Crippen molar-refractivity contribution in [2.24, 2.45) is 0 Å². The number of carbonyl (C=O) groups is 1. The largest absolute Gasteiger partial charge is 0.305 e. The Kier molecular flexibility index (Phi) is 5.50. The second-order valence-corrected chi connectivity index (χ2v) is 8.26. The summed E-state index contributed by atoms with van der Waals surface area (Å²) >= 11 is 0. The summed E-state index contributed by atoms with van der Waals surface area (Å²) in [4.78, 5) is 12.5. The summed E-state index contributed by atoms with van der Waals surface area (Å²) in [7, 11) is -3.96. The van der Waals surface area contributed by atoms with Crippen molar-refractivity contribution < 1.29 is 17.6 Å². The number of nitrogens with one attached hydrogen (secondary N) is 2. The lowest BCUT2D eigenvalue weighted by Gasteiger charge is -2.09. The number of anilines is 2. The lowest BCUT2D eigenvalue weighted by molar-refractivity contribution is 0.102. The Morgan fingerprint density at radius 2 is 1.65 bits per heavy atom. The lowest BCUT2D eigenvalue weighted by Crippen LogP contribution is -2.16. The van der Waals surface area contributed by atoms with Crippen molar-refractivity contribution in [1.82, 2.24) is 9.78 Å². The number of hydrogen-bond donors (Lipinski definition) is 2. The molecule has 0 saturated carbocycles. The molecule has 3 aromatic carbocycles. The topological polar surface area (TPSA) is 93.1 Å². The Morgan fingerprint density at radius 3 is 2.39 bits per heavy atom. The van der Waals surface area contributed by atoms with Crippen LogP contribution in [0.1, 0.15) is 10.4 Å². The summed E-state index contributed by atoms with van der Waals surface area (Å²) in [5.74, 6) is -0.653. The van der Waals surface area contributed by atoms with E-state index in [1.165, 1.54) is 36.4 Å². The van der Waals surface area contributed by atoms with Gasteiger partial charge in [0.25, 0.3) is 15.9 Å². The van der Waals surface area contributed by atoms with E-state index < -0.39 is 21.7 Å². The smallest absolute Gasteiger partial charge is 0.261 e. The summed E-state index contributed by atoms with van der Waals surface area (Å²) in [6.45, 7) is 0. The summed E-state index contributed by atoms with van der Waals surface area (Å²) in [5, 5.41) is 6.96. The number of para-hydroxylation sites is 1. The van der Waals surface area contributed by atoms with E-state index in [-0.39, 0.29) is 16.1 Å². The molecule has 1 heterocycles. The molecule has 0 unspecified atom stereocenters. The predicted octanol–water partition coefficient (Wildman–Crippen LogP) is 4.06. The molecule has 0 aliphatic carbocycles. The summed E-state index contributed by atoms with van der Waals surface area (Å²) in [5.41, 5.74) is 1.20. The van der Waals surface area contributed by atoms with Gasteiger partial charge >= 0.3 is 0 Å². The zero-order chi connectivity index (χ0) is 21.8. The summed E-state index contributed by atoms with van der Waals surface area (Å²) < 4.78 is 42.3. The highest BCUT2D eigenvalue weighted by atomic mass is 32.2. The molecule has 4 aromatic rings. The molecule has 2 N–H and O–H groups in total. The number of benzene rings is 3. The maximum atomic E-state index is 13.0. The average Bonchev–Trinajstić information content (AvgIpc) is 3.24. The first-order valence-electron chi connectivity index (χ1n) is 9.22. The van der Waals surface area contributed by atoms with Crippen LogP contribution in [0.3, 0.4) is 0 Å². The molecule has 4 rings (SSSR count). The van der Waals surface area contributed by atoms with Gasteiger partial charge in [-0.3, -0.25) is 9.52 Å². The second-order valence-electron chi connectivity index (χ2n) is 6.58. The highest BCUT2D eigenvalue weighted by Gasteiger charge is 2.17. The van der Waals surface area contributed by atoms with Crippen LogP contribution in [0.4, 0.5) is 15.9 Å². The minimum atomic E-state index is -3.96. The van der Waals surface area contributed by atoms with Gasteiger partial charge in [0.05, 0.1) is 10.6 Å². The van der Waals surface area contributed by atoms with Crippen LogP contribution >= 0.6 is 0 Å². The standard InChI is InChI=1S/C22H17FN4O3S/c23-17-9-11-18(12-10-17)26-31(29,30)20-8-4-5-16(15-20)22(28)24-21-13-14-27(25-21)19-6-2-1-3-7-19/h1-15,26H,(H,24,25,28). The Morgan fingerprint density at radius 1 is 0.903 bits per heavy atom. The highest BCUT2D eigenvalue weighted by molar-refractivity contribution is 7.92. The van der Waals surface area contributed by atoms with Crippen LogP contribution in [0.5, 0.6) is 0 Å². The van der Waals surface area contributed by atoms with Crippen LogP contribution in [-0.2, 0) is 10.0 Å². The number of nitrogens with zero attached hydrogens (tertiary/aromatic N) is 2. The first-order chi connectivity index (χ1) is 14.9. The van der Waals surface area contributed by atoms with Crippen LogP contribution in [-0.4, -0.2) is 24.1 Å². The molecular weight excluding hydrogens is 419 g/mol. The van der Waals surface area contributed by atoms with Gasteiger partial charge in [0, 0.05) is 23.5 Å². The van der Waals surface area contributed by atoms with E-state index in [1.807, 2.05) is 30.3 Å². The number of carbonyl (C=O) groups excluding carboxylic acids is 1. The molecule has 1 amide bonds. The Bertz CT molecular complexity index is 1320. The molecule has 0 spiro atoms. The van der Waals surface area contributed by atoms with Gasteiger partial charge in [0.15, 0.2) is 5.82 Å². The third kappa shape index (κ3) is 4.78. The third-order valence-corrected chi connectivity index (χ3v) is 5.73. The van der Waals surface area contributed by atoms with Gasteiger partial charge in [0.2, 0.25) is 0 Å². The molecule has 156 valence electrons. The molecule has 0 aliphatic heterocycles. The van der Waals surface area contributed by atoms with Crippen LogP contribution < -0.4 is 10.0 Å². The SMILES string of the molecule is O=C(Nc1ccn(-c2ccccc2)n1)c1cccc(S(=O)(=O)Nc2ccc(F)cc2)c1. The monoisotopic (exact) mass is 436 g/mol. The van der Waals surface area contributed by atoms with Crippen molar-refractivity contribution in [1.29, 1.82) is 0 Å². The molecule has 7 nitrogen and oxygen atoms in total. The highest BCUT2D eigenvalue weighted by Crippen LogP contribution is 2.18. The lowest BCUT2D eigenvalue weighted by atomic mass is 10.2. The number of aromatic nitrogens is 2. The van der Waals surface area contributed by atoms with Gasteiger partial charge in [0.1, 0.15) is 5.82 Å². The van der Waals surface area contributed by atoms with Crippen molar-refractivity contribution in [3.63, 3.8) is 0 Å². The Balaban J connectivity index is 1.50. The fraction of sp³-hybridized carbons (Fsp3) is 0. The summed E-state index contributed by atoms with van der Waals surface area (Å²) in [6, 6.07) is 21.6. The van der Waals surface area contributed by atoms with Crippen molar-refractivity contribution in [2.45, 2.75) is 4.90 Å². The predicted molar refractivity (Wildman–Crippen MR) is 115 cm³/mol. The first kappa shape index (κ1) is 20.3. The zero-order valence-corrected chi connectivity index (χ0v) is 16.9. The van der Waals surface area contributed by atoms with Gasteiger partial charge in [-0.15, -0.1) is 0 Å². The molecule has 31 heavy (non-hydrogen) atoms. The molecule has 0 fully saturated rings. The number of hydrogen-bond acceptors (Lipinski definition) is 4. The minimum absolute atomic E-state index is 0.0979. The van der Waals surface area contributed by atoms with E-state index >= 15 is 0 Å². The van der Waals surface area contributed by atoms with Crippen molar-refractivity contribution >= 4 is 27.4 Å². The minimum Gasteiger partial charge on any atom is -0.305 e. The fourth-order valence-corrected chi connectivity index (χ4v) is 3.94. The normalized spacial score (nSPS) is 11.1. The van der Waals surface area contributed by atoms with Crippen molar-refractivity contribution in [2.75, 3.05) is 10.0 Å². The van der Waals surface area contributed by atoms with E-state index in [0.29, 0.717) is 5.82 Å². The zero-order valence-electron chi connectivity index (χ0n) is 16.1. The molecule has 0 bridgehead atoms. The van der Waals surface area contributed by atoms with Gasteiger partial charge < -0.3 is 5.32 Å². The molecule has 0 radical (unpaired) electrons. The number of sulfonamides is 1. The molecule has 0 atom stereocenters. The van der Waals surface area contributed by atoms with Crippen LogP contribution in [0.15, 0.2) is 96.0 Å². The molecule has 0 saturated heterocycles. The van der Waals surface area contributed by atoms with E-state index in [0.717, 1.165) is 17.8 Å². The van der Waals surface area contributed by atoms with Gasteiger partial charge in [-0.05, 0) is 54.6 Å². The fourth-order valence-electron chi connectivity index (χ4n) is 2.84. The molecule has 9 heteroatoms. The van der Waals surface area contributed by atoms with Gasteiger partial charge in [-0.25, -0.2) is 17.5 Å². The second kappa shape index (κ2) is 8.41. The first-order valence-corrected chi connectivity index (χ1v) is 10.7. The van der Waals surface area contributed by atoms with Crippen LogP contribution in [0, 0.1) is 5.82 Å². The van der Waals surface area contributed by atoms with E-state index in [9.17, 15) is 17.6 Å². The number of amides is 1. The molecule has 1 aromatic heterocycles. The van der Waals surface area contributed by atoms with Gasteiger partial charge in [-0.2, -0.15) is 5.10 Å². The van der Waals surface area contributed by atoms with E-state index in [2.05, 4.69) is 15.1 Å². The summed E-state index contributed by atoms with van der Waals surface area (Å²) in [6.07, 6.45) is 1.71. The van der Waals surface area contributed by atoms with Gasteiger partial charge in [-0.1, -0.05) is 24.3 Å². The third-order valence-electron chi connectivity index (χ3n) is 4.35. The maximum Gasteiger partial charge on any atom is 0.261 e. The molecular formula is C22H17FN4O3S. The Labute approximate surface area is 178 Å². The van der Waals surface area contributed by atoms with Crippen molar-refractivity contribution in [3.05, 3.63) is 103 Å². The van der Waals surface area contributed by atoms with E-state index in [4.69, 9.17) is 0 Å². The van der Waals surface area contributed by atoms with Crippen LogP contribution in [0.25, 0.3) is 5.69 Å². The Hall–Kier alpha value is -3.98. The van der Waals surface area contributed by atoms with E-state index in [1.54, 1.807) is 16.9 Å². The van der Waals surface area contributed by atoms with Crippen molar-refractivity contribution in [3.8, 4) is 5.69 Å². The molecule has 0 aliphatic rings. The number of halogens is 1. The average molecular weight is 436 g/mol.